The minimum absolute atomic E-state index is 0. The van der Waals surface area contributed by atoms with E-state index >= 15 is 0 Å². The number of benzene rings is 6. The molecule has 0 spiro atoms. The molecular weight excluding hydrogens is 648 g/mol. The van der Waals surface area contributed by atoms with Crippen molar-refractivity contribution < 1.29 is 26.2 Å². The maximum atomic E-state index is 2.57. The number of hydrogen-bond donors (Lipinski definition) is 0. The van der Waals surface area contributed by atoms with E-state index in [9.17, 15) is 0 Å². The first kappa shape index (κ1) is 33.5. The minimum Gasteiger partial charge on any atom is -0.358 e. The van der Waals surface area contributed by atoms with E-state index < -0.39 is 8.07 Å². The Bertz CT molecular complexity index is 2180. The van der Waals surface area contributed by atoms with Crippen LogP contribution in [0.2, 0.25) is 13.1 Å². The van der Waals surface area contributed by atoms with E-state index in [1.807, 2.05) is 0 Å². The summed E-state index contributed by atoms with van der Waals surface area (Å²) in [4.78, 5) is 0. The van der Waals surface area contributed by atoms with Gasteiger partial charge in [-0.15, -0.1) is 69.1 Å². The molecule has 0 N–H and O–H groups in total. The van der Waals surface area contributed by atoms with Crippen LogP contribution in [0.1, 0.15) is 11.1 Å². The van der Waals surface area contributed by atoms with Crippen LogP contribution < -0.4 is 10.4 Å². The van der Waals surface area contributed by atoms with Gasteiger partial charge in [0.15, 0.2) is 0 Å². The number of aryl methyl sites for hydroxylation is 2. The average Bonchev–Trinajstić information content (AvgIpc) is 3.56. The SMILES string of the molecule is Cc1[cH-]c2cccc(-c3ccc4ccccc4c3)c2c1[Si](C)(C)c1c(C)[cH-]c2cccc(-c3ccc4ccccc4c3)c12.[CH3-].[CH3-].[Zr+4]. The topological polar surface area (TPSA) is 0 Å². The summed E-state index contributed by atoms with van der Waals surface area (Å²) in [6.45, 7) is 9.81. The summed E-state index contributed by atoms with van der Waals surface area (Å²) in [6, 6.07) is 49.8. The van der Waals surface area contributed by atoms with Gasteiger partial charge in [-0.05, 0) is 44.8 Å². The summed E-state index contributed by atoms with van der Waals surface area (Å²) in [5.74, 6) is 0. The van der Waals surface area contributed by atoms with Crippen molar-refractivity contribution in [2.24, 2.45) is 0 Å². The van der Waals surface area contributed by atoms with Crippen molar-refractivity contribution in [2.75, 3.05) is 0 Å². The molecule has 0 amide bonds. The van der Waals surface area contributed by atoms with Gasteiger partial charge in [0.25, 0.3) is 0 Å². The zero-order valence-corrected chi connectivity index (χ0v) is 31.2. The van der Waals surface area contributed by atoms with Crippen molar-refractivity contribution >= 4 is 61.5 Å². The molecule has 8 aromatic rings. The first-order chi connectivity index (χ1) is 20.9. The summed E-state index contributed by atoms with van der Waals surface area (Å²) >= 11 is 0. The fraction of sp³-hybridized carbons (Fsp3) is 0.0909. The van der Waals surface area contributed by atoms with E-state index in [-0.39, 0.29) is 41.1 Å². The Labute approximate surface area is 294 Å². The molecule has 0 aromatic heterocycles. The molecule has 0 fully saturated rings. The third-order valence-electron chi connectivity index (χ3n) is 9.60. The van der Waals surface area contributed by atoms with Crippen molar-refractivity contribution in [2.45, 2.75) is 26.9 Å². The molecule has 0 nitrogen and oxygen atoms in total. The molecule has 0 aliphatic heterocycles. The second-order valence-corrected chi connectivity index (χ2v) is 16.9. The van der Waals surface area contributed by atoms with Gasteiger partial charge < -0.3 is 14.9 Å². The molecule has 0 saturated carbocycles. The van der Waals surface area contributed by atoms with E-state index in [4.69, 9.17) is 0 Å². The molecule has 46 heavy (non-hydrogen) atoms. The quantitative estimate of drug-likeness (QED) is 0.128. The summed E-state index contributed by atoms with van der Waals surface area (Å²) in [5, 5.41) is 13.8. The molecule has 0 saturated heterocycles. The van der Waals surface area contributed by atoms with Crippen LogP contribution in [0.3, 0.4) is 0 Å². The Hall–Kier alpha value is -3.84. The molecule has 0 unspecified atom stereocenters. The maximum Gasteiger partial charge on any atom is 4.00 e. The van der Waals surface area contributed by atoms with Crippen molar-refractivity contribution in [1.29, 1.82) is 0 Å². The average molecular weight is 688 g/mol. The molecule has 224 valence electrons. The van der Waals surface area contributed by atoms with E-state index in [1.54, 1.807) is 10.4 Å². The fourth-order valence-electron chi connectivity index (χ4n) is 7.87. The van der Waals surface area contributed by atoms with Crippen molar-refractivity contribution in [1.82, 2.24) is 0 Å². The van der Waals surface area contributed by atoms with E-state index in [2.05, 4.69) is 160 Å². The van der Waals surface area contributed by atoms with Gasteiger partial charge in [-0.1, -0.05) is 123 Å². The molecule has 8 aromatic carbocycles. The third-order valence-corrected chi connectivity index (χ3v) is 13.4. The van der Waals surface area contributed by atoms with Gasteiger partial charge in [0.1, 0.15) is 0 Å². The van der Waals surface area contributed by atoms with E-state index in [0.717, 1.165) is 0 Å². The fourth-order valence-corrected chi connectivity index (χ4v) is 12.0. The third kappa shape index (κ3) is 5.26. The molecule has 8 rings (SSSR count). The van der Waals surface area contributed by atoms with Crippen molar-refractivity contribution in [3.63, 3.8) is 0 Å². The zero-order chi connectivity index (χ0) is 29.3. The van der Waals surface area contributed by atoms with Gasteiger partial charge in [0.05, 0.1) is 0 Å². The Morgan fingerprint density at radius 2 is 0.848 bits per heavy atom. The second-order valence-electron chi connectivity index (χ2n) is 12.7. The Morgan fingerprint density at radius 3 is 1.26 bits per heavy atom. The summed E-state index contributed by atoms with van der Waals surface area (Å²) in [5.41, 5.74) is 8.10. The Kier molecular flexibility index (Phi) is 9.29. The largest absolute Gasteiger partial charge is 4.00 e. The summed E-state index contributed by atoms with van der Waals surface area (Å²) < 4.78 is 0. The van der Waals surface area contributed by atoms with Crippen LogP contribution in [0.5, 0.6) is 0 Å². The molecule has 0 aliphatic carbocycles. The number of hydrogen-bond acceptors (Lipinski definition) is 0. The van der Waals surface area contributed by atoms with Gasteiger partial charge in [0.2, 0.25) is 0 Å². The van der Waals surface area contributed by atoms with Crippen LogP contribution in [0.15, 0.2) is 133 Å². The first-order valence-electron chi connectivity index (χ1n) is 15.3. The van der Waals surface area contributed by atoms with Gasteiger partial charge in [-0.25, -0.2) is 0 Å². The van der Waals surface area contributed by atoms with Gasteiger partial charge in [0, 0.05) is 8.07 Å². The predicted octanol–water partition coefficient (Wildman–Crippen LogP) is 11.4. The molecular formula is C44H40SiZr. The minimum atomic E-state index is -2.20. The first-order valence-corrected chi connectivity index (χ1v) is 18.3. The molecule has 0 bridgehead atoms. The molecule has 0 radical (unpaired) electrons. The monoisotopic (exact) mass is 686 g/mol. The Balaban J connectivity index is 0.00000139. The zero-order valence-electron chi connectivity index (χ0n) is 27.7. The predicted molar refractivity (Wildman–Crippen MR) is 204 cm³/mol. The smallest absolute Gasteiger partial charge is 0.358 e. The van der Waals surface area contributed by atoms with Gasteiger partial charge in [-0.3, -0.25) is 0 Å². The van der Waals surface area contributed by atoms with Crippen LogP contribution in [-0.4, -0.2) is 8.07 Å². The molecule has 2 heteroatoms. The summed E-state index contributed by atoms with van der Waals surface area (Å²) in [7, 11) is -2.20. The molecule has 0 aliphatic rings. The maximum absolute atomic E-state index is 2.57. The van der Waals surface area contributed by atoms with Gasteiger partial charge >= 0.3 is 26.2 Å². The van der Waals surface area contributed by atoms with E-state index in [0.29, 0.717) is 0 Å². The van der Waals surface area contributed by atoms with Crippen LogP contribution in [0.25, 0.3) is 65.3 Å². The van der Waals surface area contributed by atoms with E-state index in [1.165, 1.54) is 76.5 Å². The Morgan fingerprint density at radius 1 is 0.457 bits per heavy atom. The molecule has 0 heterocycles. The van der Waals surface area contributed by atoms with Crippen LogP contribution >= 0.6 is 0 Å². The van der Waals surface area contributed by atoms with Crippen LogP contribution in [0.4, 0.5) is 0 Å². The number of fused-ring (bicyclic) bond motifs is 4. The number of rotatable bonds is 4. The van der Waals surface area contributed by atoms with Crippen LogP contribution in [0, 0.1) is 28.7 Å². The normalized spacial score (nSPS) is 11.4. The standard InChI is InChI=1S/C42H34Si.2CH3.Zr/c1-27-23-35-15-9-17-37(33-21-19-29-11-5-7-13-31(29)25-33)39(35)41(27)43(3,4)42-28(2)24-36-16-10-18-38(40(36)42)34-22-20-30-12-6-8-14-32(30)26-34;;;/h5-26H,1-4H3;2*1H3;/q-2;2*-1;+4. The molecule has 0 atom stereocenters. The second kappa shape index (κ2) is 12.7. The van der Waals surface area contributed by atoms with Crippen molar-refractivity contribution in [3.05, 3.63) is 159 Å². The summed E-state index contributed by atoms with van der Waals surface area (Å²) in [6.07, 6.45) is 0. The van der Waals surface area contributed by atoms with Crippen molar-refractivity contribution in [3.8, 4) is 22.3 Å². The van der Waals surface area contributed by atoms with Crippen LogP contribution in [-0.2, 0) is 26.2 Å². The van der Waals surface area contributed by atoms with Gasteiger partial charge in [-0.2, -0.15) is 10.4 Å².